The van der Waals surface area contributed by atoms with E-state index in [0.29, 0.717) is 18.2 Å². The van der Waals surface area contributed by atoms with E-state index in [9.17, 15) is 9.59 Å². The second-order valence-corrected chi connectivity index (χ2v) is 6.22. The van der Waals surface area contributed by atoms with E-state index in [1.165, 1.54) is 7.11 Å². The maximum Gasteiger partial charge on any atom is 0.319 e. The summed E-state index contributed by atoms with van der Waals surface area (Å²) >= 11 is 0. The van der Waals surface area contributed by atoms with Crippen LogP contribution in [0.2, 0.25) is 0 Å². The number of methoxy groups -OCH3 is 1. The summed E-state index contributed by atoms with van der Waals surface area (Å²) in [5, 5.41) is 6.83. The smallest absolute Gasteiger partial charge is 0.319 e. The first-order chi connectivity index (χ1) is 10.6. The van der Waals surface area contributed by atoms with Crippen LogP contribution in [-0.4, -0.2) is 54.7 Å². The quantitative estimate of drug-likeness (QED) is 0.809. The number of aromatic nitrogens is 1. The Bertz CT molecular complexity index is 567. The number of ether oxygens (including phenoxy) is 1. The van der Waals surface area contributed by atoms with E-state index in [-0.39, 0.29) is 30.4 Å². The molecule has 3 rings (SSSR count). The van der Waals surface area contributed by atoms with Gasteiger partial charge in [0.2, 0.25) is 0 Å². The first kappa shape index (κ1) is 15.0. The van der Waals surface area contributed by atoms with Gasteiger partial charge in [-0.15, -0.1) is 0 Å². The summed E-state index contributed by atoms with van der Waals surface area (Å²) in [6.45, 7) is 3.70. The molecule has 2 atom stereocenters. The third kappa shape index (κ3) is 3.30. The molecule has 120 valence electrons. The van der Waals surface area contributed by atoms with E-state index in [0.717, 1.165) is 25.1 Å². The van der Waals surface area contributed by atoms with Gasteiger partial charge >= 0.3 is 5.97 Å². The van der Waals surface area contributed by atoms with Crippen molar-refractivity contribution < 1.29 is 18.8 Å². The van der Waals surface area contributed by atoms with Gasteiger partial charge in [-0.2, -0.15) is 0 Å². The van der Waals surface area contributed by atoms with Crippen molar-refractivity contribution in [1.29, 1.82) is 0 Å². The number of amides is 1. The van der Waals surface area contributed by atoms with E-state index in [2.05, 4.69) is 22.1 Å². The zero-order valence-electron chi connectivity index (χ0n) is 12.9. The summed E-state index contributed by atoms with van der Waals surface area (Å²) in [5.74, 6) is 1.03. The predicted molar refractivity (Wildman–Crippen MR) is 77.4 cm³/mol. The van der Waals surface area contributed by atoms with Gasteiger partial charge in [0.1, 0.15) is 5.76 Å². The van der Waals surface area contributed by atoms with Crippen LogP contribution >= 0.6 is 0 Å². The molecule has 1 saturated carbocycles. The fourth-order valence-corrected chi connectivity index (χ4v) is 2.83. The largest absolute Gasteiger partial charge is 0.468 e. The summed E-state index contributed by atoms with van der Waals surface area (Å²) in [5.41, 5.74) is 0.334. The van der Waals surface area contributed by atoms with Crippen LogP contribution in [0.4, 0.5) is 0 Å². The first-order valence-electron chi connectivity index (χ1n) is 7.63. The molecule has 7 nitrogen and oxygen atoms in total. The monoisotopic (exact) mass is 307 g/mol. The number of esters is 1. The van der Waals surface area contributed by atoms with Gasteiger partial charge in [0.25, 0.3) is 5.91 Å². The fourth-order valence-electron chi connectivity index (χ4n) is 2.83. The van der Waals surface area contributed by atoms with Gasteiger partial charge < -0.3 is 14.6 Å². The molecule has 1 aromatic heterocycles. The van der Waals surface area contributed by atoms with Gasteiger partial charge in [-0.3, -0.25) is 14.5 Å². The van der Waals surface area contributed by atoms with Crippen molar-refractivity contribution in [2.75, 3.05) is 26.7 Å². The Morgan fingerprint density at radius 1 is 1.45 bits per heavy atom. The molecular formula is C15H21N3O4. The molecule has 1 aliphatic carbocycles. The average molecular weight is 307 g/mol. The maximum absolute atomic E-state index is 12.2. The third-order valence-electron chi connectivity index (χ3n) is 4.33. The maximum atomic E-state index is 12.2. The van der Waals surface area contributed by atoms with Crippen LogP contribution in [0.5, 0.6) is 0 Å². The number of rotatable bonds is 5. The molecule has 2 aliphatic rings. The summed E-state index contributed by atoms with van der Waals surface area (Å²) in [7, 11) is 1.38. The zero-order valence-corrected chi connectivity index (χ0v) is 12.9. The molecule has 0 radical (unpaired) electrons. The molecule has 1 amide bonds. The van der Waals surface area contributed by atoms with Gasteiger partial charge in [0.05, 0.1) is 13.7 Å². The number of hydrogen-bond donors (Lipinski definition) is 1. The van der Waals surface area contributed by atoms with Gasteiger partial charge in [-0.05, 0) is 18.8 Å². The standard InChI is InChI=1S/C15H21N3O4/c1-9-6-18(8-14(19)21-2)7-12(9)16-15(20)11-5-13(22-17-11)10-3-4-10/h5,9-10,12H,3-4,6-8H2,1-2H3,(H,16,20)/t9-,12+/m0/s1. The van der Waals surface area contributed by atoms with Crippen LogP contribution in [-0.2, 0) is 9.53 Å². The van der Waals surface area contributed by atoms with Gasteiger partial charge in [0.15, 0.2) is 5.69 Å². The molecule has 2 heterocycles. The number of carbonyl (C=O) groups excluding carboxylic acids is 2. The minimum absolute atomic E-state index is 0.00164. The first-order valence-corrected chi connectivity index (χ1v) is 7.63. The Labute approximate surface area is 129 Å². The number of likely N-dealkylation sites (tertiary alicyclic amines) is 1. The topological polar surface area (TPSA) is 84.7 Å². The van der Waals surface area contributed by atoms with Crippen LogP contribution in [0.1, 0.15) is 41.9 Å². The lowest BCUT2D eigenvalue weighted by Crippen LogP contribution is -2.40. The van der Waals surface area contributed by atoms with Crippen molar-refractivity contribution in [3.05, 3.63) is 17.5 Å². The van der Waals surface area contributed by atoms with E-state index < -0.39 is 0 Å². The Kier molecular flexibility index (Phi) is 4.15. The van der Waals surface area contributed by atoms with E-state index in [1.54, 1.807) is 6.07 Å². The molecule has 0 unspecified atom stereocenters. The molecular weight excluding hydrogens is 286 g/mol. The molecule has 1 saturated heterocycles. The van der Waals surface area contributed by atoms with Crippen molar-refractivity contribution in [1.82, 2.24) is 15.4 Å². The molecule has 22 heavy (non-hydrogen) atoms. The van der Waals surface area contributed by atoms with E-state index in [4.69, 9.17) is 4.52 Å². The van der Waals surface area contributed by atoms with Crippen LogP contribution in [0, 0.1) is 5.92 Å². The van der Waals surface area contributed by atoms with Gasteiger partial charge in [-0.25, -0.2) is 0 Å². The third-order valence-corrected chi connectivity index (χ3v) is 4.33. The van der Waals surface area contributed by atoms with Gasteiger partial charge in [0, 0.05) is 31.1 Å². The fraction of sp³-hybridized carbons (Fsp3) is 0.667. The lowest BCUT2D eigenvalue weighted by molar-refractivity contribution is -0.141. The van der Waals surface area contributed by atoms with Crippen molar-refractivity contribution in [2.45, 2.75) is 31.7 Å². The molecule has 0 bridgehead atoms. The highest BCUT2D eigenvalue weighted by Gasteiger charge is 2.33. The van der Waals surface area contributed by atoms with E-state index in [1.807, 2.05) is 4.90 Å². The Morgan fingerprint density at radius 2 is 2.23 bits per heavy atom. The lowest BCUT2D eigenvalue weighted by atomic mass is 10.1. The highest BCUT2D eigenvalue weighted by Crippen LogP contribution is 2.40. The number of carbonyl (C=O) groups is 2. The highest BCUT2D eigenvalue weighted by atomic mass is 16.5. The molecule has 0 spiro atoms. The van der Waals surface area contributed by atoms with Crippen molar-refractivity contribution in [3.63, 3.8) is 0 Å². The van der Waals surface area contributed by atoms with E-state index >= 15 is 0 Å². The van der Waals surface area contributed by atoms with Crippen molar-refractivity contribution >= 4 is 11.9 Å². The van der Waals surface area contributed by atoms with Crippen LogP contribution in [0.15, 0.2) is 10.6 Å². The summed E-state index contributed by atoms with van der Waals surface area (Å²) in [6, 6.07) is 1.73. The number of nitrogens with zero attached hydrogens (tertiary/aromatic N) is 2. The Hall–Kier alpha value is -1.89. The molecule has 0 aromatic carbocycles. The lowest BCUT2D eigenvalue weighted by Gasteiger charge is -2.15. The minimum Gasteiger partial charge on any atom is -0.468 e. The normalized spacial score (nSPS) is 25.2. The highest BCUT2D eigenvalue weighted by molar-refractivity contribution is 5.92. The number of hydrogen-bond acceptors (Lipinski definition) is 6. The number of nitrogens with one attached hydrogen (secondary N) is 1. The summed E-state index contributed by atoms with van der Waals surface area (Å²) in [6.07, 6.45) is 2.22. The SMILES string of the molecule is COC(=O)CN1C[C@H](C)[C@H](NC(=O)c2cc(C3CC3)on2)C1. The minimum atomic E-state index is -0.259. The van der Waals surface area contributed by atoms with Crippen molar-refractivity contribution in [3.8, 4) is 0 Å². The molecule has 2 fully saturated rings. The van der Waals surface area contributed by atoms with Crippen LogP contribution in [0.25, 0.3) is 0 Å². The zero-order chi connectivity index (χ0) is 15.7. The Morgan fingerprint density at radius 3 is 2.91 bits per heavy atom. The summed E-state index contributed by atoms with van der Waals surface area (Å²) in [4.78, 5) is 25.6. The molecule has 1 aliphatic heterocycles. The molecule has 1 aromatic rings. The summed E-state index contributed by atoms with van der Waals surface area (Å²) < 4.78 is 9.88. The van der Waals surface area contributed by atoms with Gasteiger partial charge in [-0.1, -0.05) is 12.1 Å². The second kappa shape index (κ2) is 6.08. The van der Waals surface area contributed by atoms with Crippen LogP contribution in [0.3, 0.4) is 0 Å². The molecule has 1 N–H and O–H groups in total. The Balaban J connectivity index is 1.55. The molecule has 7 heteroatoms. The van der Waals surface area contributed by atoms with Crippen LogP contribution < -0.4 is 5.32 Å². The second-order valence-electron chi connectivity index (χ2n) is 6.22. The predicted octanol–water partition coefficient (Wildman–Crippen LogP) is 0.775. The van der Waals surface area contributed by atoms with Crippen molar-refractivity contribution in [2.24, 2.45) is 5.92 Å². The average Bonchev–Trinajstić information content (AvgIpc) is 3.12.